The number of aromatic nitrogens is 2. The van der Waals surface area contributed by atoms with Crippen LogP contribution in [0.2, 0.25) is 0 Å². The third-order valence-electron chi connectivity index (χ3n) is 2.04. The highest BCUT2D eigenvalue weighted by molar-refractivity contribution is 6.16. The molecular weight excluding hydrogens is 200 g/mol. The summed E-state index contributed by atoms with van der Waals surface area (Å²) in [5.41, 5.74) is 0. The van der Waals surface area contributed by atoms with E-state index in [1.807, 2.05) is 10.8 Å². The number of hydrogen-bond acceptors (Lipinski definition) is 2. The van der Waals surface area contributed by atoms with Crippen LogP contribution in [0, 0.1) is 0 Å². The molecule has 0 saturated heterocycles. The average molecular weight is 217 g/mol. The van der Waals surface area contributed by atoms with Gasteiger partial charge in [0.2, 0.25) is 0 Å². The van der Waals surface area contributed by atoms with Gasteiger partial charge in [0, 0.05) is 25.5 Å². The maximum atomic E-state index is 5.71. The molecule has 0 aliphatic rings. The fourth-order valence-electron chi connectivity index (χ4n) is 1.19. The van der Waals surface area contributed by atoms with Crippen LogP contribution in [0.15, 0.2) is 12.4 Å². The average Bonchev–Trinajstić information content (AvgIpc) is 2.65. The Morgan fingerprint density at radius 1 is 1.50 bits per heavy atom. The van der Waals surface area contributed by atoms with Gasteiger partial charge in [-0.1, -0.05) is 13.3 Å². The molecule has 0 N–H and O–H groups in total. The fraction of sp³-hybridized carbons (Fsp3) is 0.700. The normalized spacial score (nSPS) is 10.7. The zero-order valence-electron chi connectivity index (χ0n) is 8.58. The predicted molar refractivity (Wildman–Crippen MR) is 57.5 cm³/mol. The molecule has 3 nitrogen and oxygen atoms in total. The molecule has 1 rings (SSSR count). The first-order valence-corrected chi connectivity index (χ1v) is 5.55. The van der Waals surface area contributed by atoms with Gasteiger partial charge in [-0.15, -0.1) is 11.6 Å². The van der Waals surface area contributed by atoms with E-state index in [1.54, 1.807) is 6.20 Å². The minimum Gasteiger partial charge on any atom is -0.380 e. The summed E-state index contributed by atoms with van der Waals surface area (Å²) >= 11 is 5.71. The summed E-state index contributed by atoms with van der Waals surface area (Å²) < 4.78 is 7.48. The zero-order valence-corrected chi connectivity index (χ0v) is 9.33. The maximum absolute atomic E-state index is 5.71. The first-order valence-electron chi connectivity index (χ1n) is 5.02. The molecule has 0 aliphatic heterocycles. The quantitative estimate of drug-likeness (QED) is 0.517. The highest BCUT2D eigenvalue weighted by Gasteiger charge is 1.99. The molecule has 0 aromatic carbocycles. The van der Waals surface area contributed by atoms with Gasteiger partial charge in [0.05, 0.1) is 12.5 Å². The van der Waals surface area contributed by atoms with Crippen LogP contribution in [0.1, 0.15) is 25.6 Å². The van der Waals surface area contributed by atoms with Crippen LogP contribution in [-0.2, 0) is 17.2 Å². The Kier molecular flexibility index (Phi) is 5.64. The highest BCUT2D eigenvalue weighted by atomic mass is 35.5. The largest absolute Gasteiger partial charge is 0.380 e. The summed E-state index contributed by atoms with van der Waals surface area (Å²) in [4.78, 5) is 4.13. The summed E-state index contributed by atoms with van der Waals surface area (Å²) in [5, 5.41) is 0. The van der Waals surface area contributed by atoms with E-state index in [4.69, 9.17) is 16.3 Å². The van der Waals surface area contributed by atoms with E-state index < -0.39 is 0 Å². The molecule has 1 heterocycles. The highest BCUT2D eigenvalue weighted by Crippen LogP contribution is 2.01. The van der Waals surface area contributed by atoms with Gasteiger partial charge in [-0.25, -0.2) is 4.98 Å². The third kappa shape index (κ3) is 3.68. The third-order valence-corrected chi connectivity index (χ3v) is 2.28. The fourth-order valence-corrected chi connectivity index (χ4v) is 1.41. The van der Waals surface area contributed by atoms with Crippen molar-refractivity contribution in [3.05, 3.63) is 18.2 Å². The zero-order chi connectivity index (χ0) is 10.2. The molecule has 14 heavy (non-hydrogen) atoms. The Morgan fingerprint density at radius 2 is 2.36 bits per heavy atom. The monoisotopic (exact) mass is 216 g/mol. The van der Waals surface area contributed by atoms with Crippen molar-refractivity contribution in [2.75, 3.05) is 13.2 Å². The van der Waals surface area contributed by atoms with Crippen LogP contribution in [0.5, 0.6) is 0 Å². The van der Waals surface area contributed by atoms with Crippen LogP contribution in [-0.4, -0.2) is 22.8 Å². The topological polar surface area (TPSA) is 27.1 Å². The first-order chi connectivity index (χ1) is 6.88. The molecule has 0 spiro atoms. The number of alkyl halides is 1. The molecule has 0 atom stereocenters. The summed E-state index contributed by atoms with van der Waals surface area (Å²) in [6.07, 6.45) is 6.01. The van der Waals surface area contributed by atoms with Crippen molar-refractivity contribution in [2.24, 2.45) is 0 Å². The van der Waals surface area contributed by atoms with E-state index in [2.05, 4.69) is 11.9 Å². The van der Waals surface area contributed by atoms with E-state index in [1.165, 1.54) is 6.42 Å². The van der Waals surface area contributed by atoms with Gasteiger partial charge in [0.15, 0.2) is 0 Å². The SMILES string of the molecule is CCCCOCCn1ccnc1CCl. The Hall–Kier alpha value is -0.540. The van der Waals surface area contributed by atoms with E-state index in [0.29, 0.717) is 5.88 Å². The van der Waals surface area contributed by atoms with Crippen molar-refractivity contribution in [1.82, 2.24) is 9.55 Å². The van der Waals surface area contributed by atoms with E-state index >= 15 is 0 Å². The first kappa shape index (κ1) is 11.5. The molecule has 0 fully saturated rings. The minimum absolute atomic E-state index is 0.460. The van der Waals surface area contributed by atoms with E-state index in [9.17, 15) is 0 Å². The lowest BCUT2D eigenvalue weighted by molar-refractivity contribution is 0.123. The Labute approximate surface area is 90.0 Å². The van der Waals surface area contributed by atoms with Gasteiger partial charge < -0.3 is 9.30 Å². The van der Waals surface area contributed by atoms with Crippen molar-refractivity contribution in [2.45, 2.75) is 32.2 Å². The van der Waals surface area contributed by atoms with Gasteiger partial charge in [-0.3, -0.25) is 0 Å². The molecule has 4 heteroatoms. The van der Waals surface area contributed by atoms with Gasteiger partial charge >= 0.3 is 0 Å². The Balaban J connectivity index is 2.17. The van der Waals surface area contributed by atoms with Gasteiger partial charge in [-0.2, -0.15) is 0 Å². The lowest BCUT2D eigenvalue weighted by Crippen LogP contribution is -2.08. The molecule has 0 radical (unpaired) electrons. The lowest BCUT2D eigenvalue weighted by Gasteiger charge is -2.06. The van der Waals surface area contributed by atoms with Crippen LogP contribution < -0.4 is 0 Å². The number of halogens is 1. The van der Waals surface area contributed by atoms with Crippen LogP contribution >= 0.6 is 11.6 Å². The lowest BCUT2D eigenvalue weighted by atomic mass is 10.4. The molecule has 0 saturated carbocycles. The number of ether oxygens (including phenoxy) is 1. The summed E-state index contributed by atoms with van der Waals surface area (Å²) in [5.74, 6) is 1.37. The number of nitrogens with zero attached hydrogens (tertiary/aromatic N) is 2. The molecule has 0 aliphatic carbocycles. The smallest absolute Gasteiger partial charge is 0.123 e. The standard InChI is InChI=1S/C10H17ClN2O/c1-2-3-7-14-8-6-13-5-4-12-10(13)9-11/h4-5H,2-3,6-9H2,1H3. The molecular formula is C10H17ClN2O. The van der Waals surface area contributed by atoms with Crippen molar-refractivity contribution in [3.8, 4) is 0 Å². The van der Waals surface area contributed by atoms with Gasteiger partial charge in [0.1, 0.15) is 5.82 Å². The molecule has 0 unspecified atom stereocenters. The number of imidazole rings is 1. The Bertz CT molecular complexity index is 250. The maximum Gasteiger partial charge on any atom is 0.123 e. The second kappa shape index (κ2) is 6.85. The molecule has 80 valence electrons. The second-order valence-corrected chi connectivity index (χ2v) is 3.40. The predicted octanol–water partition coefficient (Wildman–Crippen LogP) is 2.44. The number of hydrogen-bond donors (Lipinski definition) is 0. The number of rotatable bonds is 7. The second-order valence-electron chi connectivity index (χ2n) is 3.14. The Morgan fingerprint density at radius 3 is 3.07 bits per heavy atom. The summed E-state index contributed by atoms with van der Waals surface area (Å²) in [6.45, 7) is 4.58. The number of unbranched alkanes of at least 4 members (excludes halogenated alkanes) is 1. The summed E-state index contributed by atoms with van der Waals surface area (Å²) in [7, 11) is 0. The van der Waals surface area contributed by atoms with Crippen LogP contribution in [0.4, 0.5) is 0 Å². The van der Waals surface area contributed by atoms with Gasteiger partial charge in [-0.05, 0) is 6.42 Å². The molecule has 0 amide bonds. The minimum atomic E-state index is 0.460. The van der Waals surface area contributed by atoms with E-state index in [-0.39, 0.29) is 0 Å². The van der Waals surface area contributed by atoms with Crippen molar-refractivity contribution in [3.63, 3.8) is 0 Å². The molecule has 1 aromatic rings. The van der Waals surface area contributed by atoms with Gasteiger partial charge in [0.25, 0.3) is 0 Å². The molecule has 0 bridgehead atoms. The van der Waals surface area contributed by atoms with Crippen LogP contribution in [0.25, 0.3) is 0 Å². The van der Waals surface area contributed by atoms with E-state index in [0.717, 1.165) is 32.0 Å². The summed E-state index contributed by atoms with van der Waals surface area (Å²) in [6, 6.07) is 0. The van der Waals surface area contributed by atoms with Crippen LogP contribution in [0.3, 0.4) is 0 Å². The molecule has 1 aromatic heterocycles. The van der Waals surface area contributed by atoms with Crippen molar-refractivity contribution >= 4 is 11.6 Å². The van der Waals surface area contributed by atoms with Crippen molar-refractivity contribution in [1.29, 1.82) is 0 Å². The van der Waals surface area contributed by atoms with Crippen molar-refractivity contribution < 1.29 is 4.74 Å².